The maximum absolute atomic E-state index is 12.9. The first kappa shape index (κ1) is 17.9. The minimum absolute atomic E-state index is 0.236. The van der Waals surface area contributed by atoms with Gasteiger partial charge in [0.1, 0.15) is 16.5 Å². The number of aryl methyl sites for hydroxylation is 1. The van der Waals surface area contributed by atoms with Crippen molar-refractivity contribution in [3.05, 3.63) is 42.5 Å². The number of piperazine rings is 1. The minimum Gasteiger partial charge on any atom is -0.495 e. The summed E-state index contributed by atoms with van der Waals surface area (Å²) in [7, 11) is -2.04. The topological polar surface area (TPSA) is 67.7 Å². The fraction of sp³-hybridized carbons (Fsp3) is 0.471. The Hall–Kier alpha value is -1.90. The molecule has 25 heavy (non-hydrogen) atoms. The van der Waals surface area contributed by atoms with Gasteiger partial charge in [0, 0.05) is 51.7 Å². The number of imidazole rings is 1. The number of ether oxygens (including phenoxy) is 1. The van der Waals surface area contributed by atoms with Gasteiger partial charge in [-0.05, 0) is 19.1 Å². The Balaban J connectivity index is 1.60. The molecule has 7 nitrogen and oxygen atoms in total. The second-order valence-corrected chi connectivity index (χ2v) is 7.97. The molecular weight excluding hydrogens is 340 g/mol. The van der Waals surface area contributed by atoms with Gasteiger partial charge in [-0.1, -0.05) is 12.1 Å². The Morgan fingerprint density at radius 1 is 1.12 bits per heavy atom. The number of benzene rings is 1. The van der Waals surface area contributed by atoms with E-state index in [0.717, 1.165) is 32.0 Å². The maximum Gasteiger partial charge on any atom is 0.246 e. The van der Waals surface area contributed by atoms with Crippen LogP contribution in [-0.4, -0.2) is 67.0 Å². The molecule has 3 rings (SSSR count). The lowest BCUT2D eigenvalue weighted by Gasteiger charge is -2.34. The second kappa shape index (κ2) is 7.55. The van der Waals surface area contributed by atoms with E-state index in [4.69, 9.17) is 4.74 Å². The lowest BCUT2D eigenvalue weighted by atomic mass is 10.3. The molecule has 2 aromatic rings. The molecule has 0 spiro atoms. The highest BCUT2D eigenvalue weighted by Crippen LogP contribution is 2.26. The molecule has 8 heteroatoms. The first-order valence-corrected chi connectivity index (χ1v) is 9.79. The molecule has 0 saturated carbocycles. The van der Waals surface area contributed by atoms with Crippen LogP contribution in [0.2, 0.25) is 0 Å². The van der Waals surface area contributed by atoms with Crippen LogP contribution in [-0.2, 0) is 16.6 Å². The molecule has 0 atom stereocenters. The second-order valence-electron chi connectivity index (χ2n) is 6.06. The van der Waals surface area contributed by atoms with E-state index in [0.29, 0.717) is 18.8 Å². The molecule has 2 heterocycles. The summed E-state index contributed by atoms with van der Waals surface area (Å²) in [6, 6.07) is 6.77. The third kappa shape index (κ3) is 3.86. The minimum atomic E-state index is -3.53. The molecule has 1 aliphatic heterocycles. The Labute approximate surface area is 148 Å². The molecule has 0 N–H and O–H groups in total. The van der Waals surface area contributed by atoms with E-state index in [2.05, 4.69) is 14.5 Å². The number of rotatable bonds is 6. The molecule has 136 valence electrons. The first-order chi connectivity index (χ1) is 12.0. The molecule has 0 amide bonds. The zero-order valence-corrected chi connectivity index (χ0v) is 15.4. The van der Waals surface area contributed by atoms with Gasteiger partial charge in [-0.25, -0.2) is 13.4 Å². The van der Waals surface area contributed by atoms with Gasteiger partial charge in [0.2, 0.25) is 10.0 Å². The average Bonchev–Trinajstić information content (AvgIpc) is 3.05. The van der Waals surface area contributed by atoms with Crippen LogP contribution >= 0.6 is 0 Å². The summed E-state index contributed by atoms with van der Waals surface area (Å²) >= 11 is 0. The van der Waals surface area contributed by atoms with Crippen molar-refractivity contribution in [2.24, 2.45) is 0 Å². The fourth-order valence-electron chi connectivity index (χ4n) is 3.05. The van der Waals surface area contributed by atoms with E-state index >= 15 is 0 Å². The predicted octanol–water partition coefficient (Wildman–Crippen LogP) is 1.21. The number of nitrogens with zero attached hydrogens (tertiary/aromatic N) is 4. The van der Waals surface area contributed by atoms with Gasteiger partial charge in [0.05, 0.1) is 7.11 Å². The lowest BCUT2D eigenvalue weighted by molar-refractivity contribution is 0.182. The van der Waals surface area contributed by atoms with Gasteiger partial charge < -0.3 is 9.30 Å². The zero-order chi connectivity index (χ0) is 17.9. The Morgan fingerprint density at radius 2 is 1.84 bits per heavy atom. The number of sulfonamides is 1. The molecule has 0 unspecified atom stereocenters. The van der Waals surface area contributed by atoms with Crippen molar-refractivity contribution in [1.82, 2.24) is 18.8 Å². The smallest absolute Gasteiger partial charge is 0.246 e. The maximum atomic E-state index is 12.9. The van der Waals surface area contributed by atoms with Crippen molar-refractivity contribution in [2.45, 2.75) is 18.4 Å². The van der Waals surface area contributed by atoms with E-state index in [1.54, 1.807) is 34.8 Å². The first-order valence-electron chi connectivity index (χ1n) is 8.35. The predicted molar refractivity (Wildman–Crippen MR) is 95.2 cm³/mol. The highest BCUT2D eigenvalue weighted by atomic mass is 32.2. The van der Waals surface area contributed by atoms with E-state index in [9.17, 15) is 8.42 Å². The van der Waals surface area contributed by atoms with Crippen LogP contribution in [0.4, 0.5) is 0 Å². The normalized spacial score (nSPS) is 16.9. The third-order valence-electron chi connectivity index (χ3n) is 4.60. The number of para-hydroxylation sites is 1. The summed E-state index contributed by atoms with van der Waals surface area (Å²) in [6.07, 6.45) is 3.77. The van der Waals surface area contributed by atoms with Crippen LogP contribution in [0.25, 0.3) is 0 Å². The largest absolute Gasteiger partial charge is 0.495 e. The molecule has 0 bridgehead atoms. The fourth-order valence-corrected chi connectivity index (χ4v) is 4.63. The summed E-state index contributed by atoms with van der Waals surface area (Å²) in [5.41, 5.74) is 0. The van der Waals surface area contributed by atoms with Gasteiger partial charge >= 0.3 is 0 Å². The summed E-state index contributed by atoms with van der Waals surface area (Å²) in [6.45, 7) is 6.17. The van der Waals surface area contributed by atoms with Crippen molar-refractivity contribution in [1.29, 1.82) is 0 Å². The zero-order valence-electron chi connectivity index (χ0n) is 14.6. The van der Waals surface area contributed by atoms with Crippen LogP contribution in [0.5, 0.6) is 5.75 Å². The van der Waals surface area contributed by atoms with Gasteiger partial charge in [-0.3, -0.25) is 4.90 Å². The van der Waals surface area contributed by atoms with Crippen LogP contribution < -0.4 is 4.74 Å². The number of methoxy groups -OCH3 is 1. The van der Waals surface area contributed by atoms with E-state index in [1.165, 1.54) is 7.11 Å². The van der Waals surface area contributed by atoms with E-state index in [1.807, 2.05) is 13.1 Å². The van der Waals surface area contributed by atoms with E-state index < -0.39 is 10.0 Å². The van der Waals surface area contributed by atoms with Gasteiger partial charge in [0.15, 0.2) is 0 Å². The van der Waals surface area contributed by atoms with Crippen LogP contribution in [0, 0.1) is 6.92 Å². The standard InChI is InChI=1S/C17H24N4O3S/c1-15-18-7-8-20(15)12-9-19-10-13-21(14-11-19)25(22,23)17-6-4-3-5-16(17)24-2/h3-8H,9-14H2,1-2H3. The summed E-state index contributed by atoms with van der Waals surface area (Å²) in [5.74, 6) is 1.39. The van der Waals surface area contributed by atoms with Crippen molar-refractivity contribution < 1.29 is 13.2 Å². The van der Waals surface area contributed by atoms with E-state index in [-0.39, 0.29) is 4.90 Å². The molecule has 1 fully saturated rings. The van der Waals surface area contributed by atoms with Crippen molar-refractivity contribution in [2.75, 3.05) is 39.8 Å². The number of aromatic nitrogens is 2. The molecule has 0 radical (unpaired) electrons. The summed E-state index contributed by atoms with van der Waals surface area (Å²) in [5, 5.41) is 0. The Bertz CT molecular complexity index is 811. The average molecular weight is 364 g/mol. The summed E-state index contributed by atoms with van der Waals surface area (Å²) < 4.78 is 34.6. The molecule has 0 aliphatic carbocycles. The van der Waals surface area contributed by atoms with Crippen LogP contribution in [0.1, 0.15) is 5.82 Å². The van der Waals surface area contributed by atoms with Crippen LogP contribution in [0.15, 0.2) is 41.6 Å². The van der Waals surface area contributed by atoms with Gasteiger partial charge in [0.25, 0.3) is 0 Å². The molecule has 1 aromatic carbocycles. The van der Waals surface area contributed by atoms with Gasteiger partial charge in [-0.2, -0.15) is 4.31 Å². The number of hydrogen-bond donors (Lipinski definition) is 0. The molecule has 1 aliphatic rings. The molecule has 1 aromatic heterocycles. The molecular formula is C17H24N4O3S. The van der Waals surface area contributed by atoms with Crippen LogP contribution in [0.3, 0.4) is 0 Å². The monoisotopic (exact) mass is 364 g/mol. The van der Waals surface area contributed by atoms with Gasteiger partial charge in [-0.15, -0.1) is 0 Å². The third-order valence-corrected chi connectivity index (χ3v) is 6.54. The lowest BCUT2D eigenvalue weighted by Crippen LogP contribution is -2.49. The van der Waals surface area contributed by atoms with Crippen molar-refractivity contribution in [3.8, 4) is 5.75 Å². The SMILES string of the molecule is COc1ccccc1S(=O)(=O)N1CCN(CCn2ccnc2C)CC1. The summed E-state index contributed by atoms with van der Waals surface area (Å²) in [4.78, 5) is 6.74. The Kier molecular flexibility index (Phi) is 5.41. The highest BCUT2D eigenvalue weighted by Gasteiger charge is 2.30. The highest BCUT2D eigenvalue weighted by molar-refractivity contribution is 7.89. The molecule has 1 saturated heterocycles. The quantitative estimate of drug-likeness (QED) is 0.771. The van der Waals surface area contributed by atoms with Crippen molar-refractivity contribution >= 4 is 10.0 Å². The number of hydrogen-bond acceptors (Lipinski definition) is 5. The Morgan fingerprint density at radius 3 is 2.48 bits per heavy atom. The van der Waals surface area contributed by atoms with Crippen molar-refractivity contribution in [3.63, 3.8) is 0 Å².